The molecule has 7 heteroatoms. The zero-order valence-electron chi connectivity index (χ0n) is 13.7. The van der Waals surface area contributed by atoms with Crippen LogP contribution in [0.5, 0.6) is 5.75 Å². The van der Waals surface area contributed by atoms with Gasteiger partial charge in [0, 0.05) is 10.9 Å². The fraction of sp³-hybridized carbons (Fsp3) is 0.176. The van der Waals surface area contributed by atoms with E-state index in [4.69, 9.17) is 15.0 Å². The van der Waals surface area contributed by atoms with Gasteiger partial charge in [0.1, 0.15) is 11.6 Å². The monoisotopic (exact) mass is 348 g/mol. The molecule has 0 bridgehead atoms. The van der Waals surface area contributed by atoms with Crippen LogP contribution in [0.3, 0.4) is 0 Å². The first-order chi connectivity index (χ1) is 11.2. The van der Waals surface area contributed by atoms with Gasteiger partial charge in [-0.05, 0) is 49.2 Å². The largest absolute Gasteiger partial charge is 0.497 e. The lowest BCUT2D eigenvalue weighted by Gasteiger charge is -2.08. The minimum Gasteiger partial charge on any atom is -0.497 e. The molecule has 0 aliphatic heterocycles. The molecule has 0 amide bonds. The molecule has 3 rings (SSSR count). The van der Waals surface area contributed by atoms with E-state index >= 15 is 0 Å². The molecule has 0 aliphatic carbocycles. The van der Waals surface area contributed by atoms with Crippen LogP contribution < -0.4 is 10.5 Å². The van der Waals surface area contributed by atoms with Gasteiger partial charge >= 0.3 is 0 Å². The summed E-state index contributed by atoms with van der Waals surface area (Å²) in [6, 6.07) is 13.1. The Hall–Kier alpha value is -2.51. The van der Waals surface area contributed by atoms with Gasteiger partial charge in [-0.25, -0.2) is 0 Å². The van der Waals surface area contributed by atoms with Crippen molar-refractivity contribution >= 4 is 26.8 Å². The number of aromatic nitrogens is 1. The van der Waals surface area contributed by atoms with E-state index in [0.717, 1.165) is 11.3 Å². The first-order valence-electron chi connectivity index (χ1n) is 7.18. The predicted octanol–water partition coefficient (Wildman–Crippen LogP) is 3.31. The summed E-state index contributed by atoms with van der Waals surface area (Å²) in [5.74, 6) is 1.30. The second kappa shape index (κ2) is 6.94. The van der Waals surface area contributed by atoms with Crippen LogP contribution in [0.4, 0.5) is 5.82 Å². The molecule has 24 heavy (non-hydrogen) atoms. The number of nitrogens with one attached hydrogen (secondary N) is 1. The topological polar surface area (TPSA) is 105 Å². The maximum absolute atomic E-state index is 11.0. The molecule has 1 heterocycles. The number of benzene rings is 2. The molecule has 0 aliphatic rings. The zero-order valence-corrected chi connectivity index (χ0v) is 14.5. The van der Waals surface area contributed by atoms with E-state index in [1.165, 1.54) is 12.5 Å². The average molecular weight is 348 g/mol. The van der Waals surface area contributed by atoms with Gasteiger partial charge in [0.05, 0.1) is 12.0 Å². The molecule has 6 nitrogen and oxygen atoms in total. The second-order valence-electron chi connectivity index (χ2n) is 5.38. The van der Waals surface area contributed by atoms with Crippen molar-refractivity contribution in [2.75, 3.05) is 12.8 Å². The molecule has 0 saturated heterocycles. The summed E-state index contributed by atoms with van der Waals surface area (Å²) in [6.45, 7) is 3.22. The fourth-order valence-electron chi connectivity index (χ4n) is 2.53. The molecule has 0 radical (unpaired) electrons. The highest BCUT2D eigenvalue weighted by Gasteiger charge is 2.17. The Balaban J connectivity index is 0.000000182. The number of hydrogen-bond acceptors (Lipinski definition) is 4. The Kier molecular flexibility index (Phi) is 5.16. The lowest BCUT2D eigenvalue weighted by Crippen LogP contribution is -2.04. The third-order valence-corrected chi connectivity index (χ3v) is 4.64. The van der Waals surface area contributed by atoms with Crippen molar-refractivity contribution in [3.63, 3.8) is 0 Å². The maximum atomic E-state index is 11.0. The van der Waals surface area contributed by atoms with E-state index in [-0.39, 0.29) is 4.90 Å². The van der Waals surface area contributed by atoms with Crippen LogP contribution in [0.1, 0.15) is 11.1 Å². The van der Waals surface area contributed by atoms with Crippen LogP contribution >= 0.6 is 0 Å². The smallest absolute Gasteiger partial charge is 0.295 e. The van der Waals surface area contributed by atoms with Crippen LogP contribution in [0.15, 0.2) is 47.4 Å². The molecule has 0 atom stereocenters. The van der Waals surface area contributed by atoms with Crippen LogP contribution in [0.25, 0.3) is 10.9 Å². The van der Waals surface area contributed by atoms with Crippen molar-refractivity contribution in [2.45, 2.75) is 18.7 Å². The van der Waals surface area contributed by atoms with Gasteiger partial charge in [0.25, 0.3) is 10.1 Å². The van der Waals surface area contributed by atoms with Gasteiger partial charge in [-0.1, -0.05) is 18.2 Å². The van der Waals surface area contributed by atoms with Gasteiger partial charge in [0.2, 0.25) is 0 Å². The van der Waals surface area contributed by atoms with Crippen molar-refractivity contribution in [1.82, 2.24) is 4.98 Å². The number of aryl methyl sites for hydroxylation is 2. The number of H-pyrrole nitrogens is 1. The molecule has 4 N–H and O–H groups in total. The third-order valence-electron chi connectivity index (χ3n) is 3.48. The van der Waals surface area contributed by atoms with Crippen molar-refractivity contribution in [2.24, 2.45) is 0 Å². The van der Waals surface area contributed by atoms with Gasteiger partial charge in [0.15, 0.2) is 0 Å². The Labute approximate surface area is 141 Å². The lowest BCUT2D eigenvalue weighted by molar-refractivity contribution is 0.413. The number of rotatable bonds is 2. The summed E-state index contributed by atoms with van der Waals surface area (Å²) < 4.78 is 35.9. The lowest BCUT2D eigenvalue weighted by atomic mass is 10.1. The number of para-hydroxylation sites is 1. The minimum absolute atomic E-state index is 0.0432. The van der Waals surface area contributed by atoms with Crippen LogP contribution in [-0.4, -0.2) is 25.1 Å². The van der Waals surface area contributed by atoms with E-state index in [0.29, 0.717) is 16.9 Å². The predicted molar refractivity (Wildman–Crippen MR) is 95.0 cm³/mol. The highest BCUT2D eigenvalue weighted by atomic mass is 32.2. The number of anilines is 1. The van der Waals surface area contributed by atoms with Crippen LogP contribution in [-0.2, 0) is 10.1 Å². The molecule has 1 aromatic heterocycles. The summed E-state index contributed by atoms with van der Waals surface area (Å²) in [5.41, 5.74) is 7.58. The molecule has 128 valence electrons. The van der Waals surface area contributed by atoms with Gasteiger partial charge < -0.3 is 15.5 Å². The molecule has 2 aromatic carbocycles. The number of fused-ring (bicyclic) bond motifs is 1. The van der Waals surface area contributed by atoms with E-state index in [2.05, 4.69) is 4.98 Å². The Bertz CT molecular complexity index is 906. The number of methoxy groups -OCH3 is 1. The quantitative estimate of drug-likeness (QED) is 0.616. The Morgan fingerprint density at radius 2 is 1.67 bits per heavy atom. The third kappa shape index (κ3) is 4.06. The van der Waals surface area contributed by atoms with Crippen molar-refractivity contribution in [3.05, 3.63) is 53.6 Å². The van der Waals surface area contributed by atoms with Gasteiger partial charge in [-0.3, -0.25) is 4.55 Å². The molecule has 3 aromatic rings. The summed E-state index contributed by atoms with van der Waals surface area (Å²) in [6.07, 6.45) is 0. The summed E-state index contributed by atoms with van der Waals surface area (Å²) in [5, 5.41) is 1.17. The van der Waals surface area contributed by atoms with E-state index in [9.17, 15) is 8.42 Å². The standard InChI is InChI=1S/C9H12O4S.C8H8N2/c1-6-4-8(13-3)5-7(2)9(6)14(10,11)12;9-8-5-6-3-1-2-4-7(6)10-8/h4-5H,1-3H3,(H,10,11,12);1-5,10H,9H2. The first-order valence-corrected chi connectivity index (χ1v) is 8.62. The SMILES string of the molecule is COc1cc(C)c(S(=O)(=O)O)c(C)c1.Nc1cc2ccccc2[nH]1. The van der Waals surface area contributed by atoms with Crippen molar-refractivity contribution < 1.29 is 17.7 Å². The zero-order chi connectivity index (χ0) is 17.9. The van der Waals surface area contributed by atoms with Crippen LogP contribution in [0.2, 0.25) is 0 Å². The van der Waals surface area contributed by atoms with Gasteiger partial charge in [-0.2, -0.15) is 8.42 Å². The molecule has 0 unspecified atom stereocenters. The second-order valence-corrected chi connectivity index (χ2v) is 6.74. The summed E-state index contributed by atoms with van der Waals surface area (Å²) in [4.78, 5) is 2.99. The molecule has 0 fully saturated rings. The van der Waals surface area contributed by atoms with Crippen LogP contribution in [0, 0.1) is 13.8 Å². The van der Waals surface area contributed by atoms with Crippen molar-refractivity contribution in [3.8, 4) is 5.75 Å². The molecule has 0 saturated carbocycles. The van der Waals surface area contributed by atoms with E-state index in [1.807, 2.05) is 30.3 Å². The molecular formula is C17H20N2O4S. The maximum Gasteiger partial charge on any atom is 0.295 e. The number of ether oxygens (including phenoxy) is 1. The number of nitrogens with two attached hydrogens (primary N) is 1. The highest BCUT2D eigenvalue weighted by molar-refractivity contribution is 7.86. The minimum atomic E-state index is -4.14. The summed E-state index contributed by atoms with van der Waals surface area (Å²) >= 11 is 0. The Morgan fingerprint density at radius 3 is 2.17 bits per heavy atom. The average Bonchev–Trinajstić information content (AvgIpc) is 2.85. The normalized spacial score (nSPS) is 11.0. The molecule has 0 spiro atoms. The highest BCUT2D eigenvalue weighted by Crippen LogP contribution is 2.25. The van der Waals surface area contributed by atoms with E-state index < -0.39 is 10.1 Å². The Morgan fingerprint density at radius 1 is 1.08 bits per heavy atom. The van der Waals surface area contributed by atoms with E-state index in [1.54, 1.807) is 26.0 Å². The fourth-order valence-corrected chi connectivity index (χ4v) is 3.46. The van der Waals surface area contributed by atoms with Crippen molar-refractivity contribution in [1.29, 1.82) is 0 Å². The van der Waals surface area contributed by atoms with Gasteiger partial charge in [-0.15, -0.1) is 0 Å². The number of nitrogen functional groups attached to an aromatic ring is 1. The number of aromatic amines is 1. The molecular weight excluding hydrogens is 328 g/mol. The number of hydrogen-bond donors (Lipinski definition) is 3. The first kappa shape index (κ1) is 17.8. The summed E-state index contributed by atoms with van der Waals surface area (Å²) in [7, 11) is -2.64.